The molecule has 0 unspecified atom stereocenters. The van der Waals surface area contributed by atoms with Gasteiger partial charge in [-0.05, 0) is 36.8 Å². The fraction of sp³-hybridized carbons (Fsp3) is 0.500. The molecule has 0 atom stereocenters. The lowest BCUT2D eigenvalue weighted by atomic mass is 9.95. The topological polar surface area (TPSA) is 12.0 Å². The maximum atomic E-state index is 3.27. The highest BCUT2D eigenvalue weighted by Crippen LogP contribution is 2.50. The number of anilines is 1. The first-order valence-corrected chi connectivity index (χ1v) is 4.95. The summed E-state index contributed by atoms with van der Waals surface area (Å²) in [5, 5.41) is 3.27. The number of rotatable bonds is 2. The molecule has 0 heterocycles. The van der Waals surface area contributed by atoms with E-state index in [0.29, 0.717) is 5.41 Å². The summed E-state index contributed by atoms with van der Waals surface area (Å²) in [5.74, 6) is 0. The number of hydrogen-bond donors (Lipinski definition) is 1. The van der Waals surface area contributed by atoms with Crippen LogP contribution < -0.4 is 5.32 Å². The van der Waals surface area contributed by atoms with Gasteiger partial charge >= 0.3 is 0 Å². The van der Waals surface area contributed by atoms with Gasteiger partial charge in [0.15, 0.2) is 0 Å². The summed E-state index contributed by atoms with van der Waals surface area (Å²) in [6.07, 6.45) is 2.68. The molecule has 1 heteroatoms. The van der Waals surface area contributed by atoms with Gasteiger partial charge in [0, 0.05) is 12.7 Å². The number of benzene rings is 1. The van der Waals surface area contributed by atoms with Crippen LogP contribution in [0, 0.1) is 6.92 Å². The van der Waals surface area contributed by atoms with Crippen molar-refractivity contribution in [2.24, 2.45) is 0 Å². The Morgan fingerprint density at radius 1 is 1.31 bits per heavy atom. The van der Waals surface area contributed by atoms with E-state index in [1.807, 2.05) is 7.05 Å². The predicted molar refractivity (Wildman–Crippen MR) is 57.3 cm³/mol. The van der Waals surface area contributed by atoms with E-state index in [1.165, 1.54) is 29.7 Å². The fourth-order valence-electron chi connectivity index (χ4n) is 1.83. The Hall–Kier alpha value is -0.980. The second-order valence-corrected chi connectivity index (χ2v) is 4.36. The van der Waals surface area contributed by atoms with Crippen LogP contribution in [0.3, 0.4) is 0 Å². The minimum absolute atomic E-state index is 0.463. The van der Waals surface area contributed by atoms with Crippen LogP contribution in [0.1, 0.15) is 30.9 Å². The highest BCUT2D eigenvalue weighted by atomic mass is 14.8. The Morgan fingerprint density at radius 2 is 2.00 bits per heavy atom. The molecule has 70 valence electrons. The standard InChI is InChI=1S/C12H17N/c1-9-4-5-11(13-3)10(8-9)12(2)6-7-12/h4-5,8,13H,6-7H2,1-3H3. The summed E-state index contributed by atoms with van der Waals surface area (Å²) < 4.78 is 0. The van der Waals surface area contributed by atoms with Crippen molar-refractivity contribution in [2.45, 2.75) is 32.1 Å². The van der Waals surface area contributed by atoms with Crippen LogP contribution in [-0.2, 0) is 5.41 Å². The average molecular weight is 175 g/mol. The van der Waals surface area contributed by atoms with E-state index in [2.05, 4.69) is 37.4 Å². The van der Waals surface area contributed by atoms with Crippen molar-refractivity contribution in [3.8, 4) is 0 Å². The fourth-order valence-corrected chi connectivity index (χ4v) is 1.83. The van der Waals surface area contributed by atoms with Crippen LogP contribution in [0.25, 0.3) is 0 Å². The predicted octanol–water partition coefficient (Wildman–Crippen LogP) is 3.09. The van der Waals surface area contributed by atoms with E-state index < -0.39 is 0 Å². The summed E-state index contributed by atoms with van der Waals surface area (Å²) >= 11 is 0. The Labute approximate surface area is 80.2 Å². The van der Waals surface area contributed by atoms with Gasteiger partial charge in [-0.3, -0.25) is 0 Å². The minimum atomic E-state index is 0.463. The molecule has 1 N–H and O–H groups in total. The Bertz CT molecular complexity index is 324. The second kappa shape index (κ2) is 2.76. The molecule has 1 aromatic rings. The Kier molecular flexibility index (Phi) is 1.83. The van der Waals surface area contributed by atoms with Crippen molar-refractivity contribution in [3.05, 3.63) is 29.3 Å². The maximum absolute atomic E-state index is 3.27. The first kappa shape index (κ1) is 8.61. The Morgan fingerprint density at radius 3 is 2.54 bits per heavy atom. The van der Waals surface area contributed by atoms with E-state index >= 15 is 0 Å². The monoisotopic (exact) mass is 175 g/mol. The molecule has 1 nitrogen and oxygen atoms in total. The first-order chi connectivity index (χ1) is 6.15. The van der Waals surface area contributed by atoms with Gasteiger partial charge in [-0.25, -0.2) is 0 Å². The van der Waals surface area contributed by atoms with Crippen molar-refractivity contribution < 1.29 is 0 Å². The van der Waals surface area contributed by atoms with E-state index in [1.54, 1.807) is 0 Å². The maximum Gasteiger partial charge on any atom is 0.0375 e. The zero-order valence-corrected chi connectivity index (χ0v) is 8.65. The van der Waals surface area contributed by atoms with Gasteiger partial charge in [0.05, 0.1) is 0 Å². The van der Waals surface area contributed by atoms with Gasteiger partial charge in [-0.15, -0.1) is 0 Å². The molecule has 1 aliphatic carbocycles. The van der Waals surface area contributed by atoms with Crippen LogP contribution in [0.4, 0.5) is 5.69 Å². The SMILES string of the molecule is CNc1ccc(C)cc1C1(C)CC1. The van der Waals surface area contributed by atoms with Crippen molar-refractivity contribution in [1.29, 1.82) is 0 Å². The van der Waals surface area contributed by atoms with Crippen LogP contribution >= 0.6 is 0 Å². The minimum Gasteiger partial charge on any atom is -0.388 e. The van der Waals surface area contributed by atoms with Crippen molar-refractivity contribution in [3.63, 3.8) is 0 Å². The summed E-state index contributed by atoms with van der Waals surface area (Å²) in [6, 6.07) is 6.67. The smallest absolute Gasteiger partial charge is 0.0375 e. The van der Waals surface area contributed by atoms with Gasteiger partial charge < -0.3 is 5.32 Å². The second-order valence-electron chi connectivity index (χ2n) is 4.36. The van der Waals surface area contributed by atoms with Crippen molar-refractivity contribution >= 4 is 5.69 Å². The molecule has 0 saturated heterocycles. The van der Waals surface area contributed by atoms with E-state index in [4.69, 9.17) is 0 Å². The quantitative estimate of drug-likeness (QED) is 0.728. The number of aryl methyl sites for hydroxylation is 1. The molecule has 0 aromatic heterocycles. The van der Waals surface area contributed by atoms with Crippen LogP contribution in [0.2, 0.25) is 0 Å². The first-order valence-electron chi connectivity index (χ1n) is 4.95. The lowest BCUT2D eigenvalue weighted by Crippen LogP contribution is -2.05. The third kappa shape index (κ3) is 1.43. The van der Waals surface area contributed by atoms with Crippen molar-refractivity contribution in [1.82, 2.24) is 0 Å². The van der Waals surface area contributed by atoms with Gasteiger partial charge in [0.25, 0.3) is 0 Å². The Balaban J connectivity index is 2.47. The molecule has 1 saturated carbocycles. The van der Waals surface area contributed by atoms with Crippen LogP contribution in [-0.4, -0.2) is 7.05 Å². The normalized spacial score (nSPS) is 18.4. The van der Waals surface area contributed by atoms with E-state index in [0.717, 1.165) is 0 Å². The lowest BCUT2D eigenvalue weighted by molar-refractivity contribution is 0.788. The largest absolute Gasteiger partial charge is 0.388 e. The van der Waals surface area contributed by atoms with E-state index in [9.17, 15) is 0 Å². The molecular formula is C12H17N. The molecular weight excluding hydrogens is 158 g/mol. The molecule has 0 radical (unpaired) electrons. The van der Waals surface area contributed by atoms with Gasteiger partial charge in [0.2, 0.25) is 0 Å². The molecule has 0 spiro atoms. The molecule has 0 bridgehead atoms. The summed E-state index contributed by atoms with van der Waals surface area (Å²) in [6.45, 7) is 4.51. The highest BCUT2D eigenvalue weighted by Gasteiger charge is 2.40. The lowest BCUT2D eigenvalue weighted by Gasteiger charge is -2.15. The van der Waals surface area contributed by atoms with Crippen LogP contribution in [0.15, 0.2) is 18.2 Å². The highest BCUT2D eigenvalue weighted by molar-refractivity contribution is 5.57. The summed E-state index contributed by atoms with van der Waals surface area (Å²) in [5.41, 5.74) is 4.62. The summed E-state index contributed by atoms with van der Waals surface area (Å²) in [7, 11) is 2.00. The van der Waals surface area contributed by atoms with Gasteiger partial charge in [-0.2, -0.15) is 0 Å². The number of hydrogen-bond acceptors (Lipinski definition) is 1. The zero-order valence-electron chi connectivity index (χ0n) is 8.65. The van der Waals surface area contributed by atoms with Gasteiger partial charge in [0.1, 0.15) is 0 Å². The van der Waals surface area contributed by atoms with Gasteiger partial charge in [-0.1, -0.05) is 24.6 Å². The number of nitrogens with one attached hydrogen (secondary N) is 1. The average Bonchev–Trinajstić information content (AvgIpc) is 2.85. The molecule has 1 aliphatic rings. The van der Waals surface area contributed by atoms with Crippen LogP contribution in [0.5, 0.6) is 0 Å². The molecule has 13 heavy (non-hydrogen) atoms. The molecule has 2 rings (SSSR count). The third-order valence-corrected chi connectivity index (χ3v) is 3.09. The molecule has 0 aliphatic heterocycles. The van der Waals surface area contributed by atoms with Crippen molar-refractivity contribution in [2.75, 3.05) is 12.4 Å². The van der Waals surface area contributed by atoms with E-state index in [-0.39, 0.29) is 0 Å². The molecule has 0 amide bonds. The molecule has 1 fully saturated rings. The molecule has 1 aromatic carbocycles. The third-order valence-electron chi connectivity index (χ3n) is 3.09. The summed E-state index contributed by atoms with van der Waals surface area (Å²) in [4.78, 5) is 0. The zero-order chi connectivity index (χ0) is 9.47.